The highest BCUT2D eigenvalue weighted by Gasteiger charge is 2.13. The maximum absolute atomic E-state index is 5.97. The molecule has 1 aromatic carbocycles. The number of ether oxygens (including phenoxy) is 1. The molecule has 0 atom stereocenters. The number of methoxy groups -OCH3 is 1. The van der Waals surface area contributed by atoms with E-state index in [-0.39, 0.29) is 0 Å². The summed E-state index contributed by atoms with van der Waals surface area (Å²) in [6.07, 6.45) is 4.98. The summed E-state index contributed by atoms with van der Waals surface area (Å²) in [5.74, 6) is 1.05. The first-order valence-corrected chi connectivity index (χ1v) is 6.59. The number of aryl methyl sites for hydroxylation is 2. The first-order valence-electron chi connectivity index (χ1n) is 6.21. The minimum Gasteiger partial charge on any atom is -0.490 e. The van der Waals surface area contributed by atoms with E-state index < -0.39 is 0 Å². The molecular formula is C14H14ClN3O. The third-order valence-corrected chi connectivity index (χ3v) is 3.59. The maximum atomic E-state index is 5.97. The molecule has 4 nitrogen and oxygen atoms in total. The lowest BCUT2D eigenvalue weighted by Crippen LogP contribution is -1.99. The molecule has 0 bridgehead atoms. The zero-order chi connectivity index (χ0) is 13.2. The van der Waals surface area contributed by atoms with E-state index in [9.17, 15) is 0 Å². The van der Waals surface area contributed by atoms with Crippen LogP contribution in [0.5, 0.6) is 5.75 Å². The Kier molecular flexibility index (Phi) is 3.25. The van der Waals surface area contributed by atoms with Gasteiger partial charge < -0.3 is 10.1 Å². The van der Waals surface area contributed by atoms with E-state index in [0.29, 0.717) is 16.7 Å². The van der Waals surface area contributed by atoms with Crippen molar-refractivity contribution in [1.82, 2.24) is 9.97 Å². The van der Waals surface area contributed by atoms with Crippen molar-refractivity contribution in [2.45, 2.75) is 19.3 Å². The van der Waals surface area contributed by atoms with Gasteiger partial charge in [-0.2, -0.15) is 0 Å². The molecule has 0 amide bonds. The Morgan fingerprint density at radius 1 is 1.21 bits per heavy atom. The molecule has 0 spiro atoms. The van der Waals surface area contributed by atoms with Gasteiger partial charge in [0.15, 0.2) is 16.7 Å². The molecule has 0 unspecified atom stereocenters. The third-order valence-electron chi connectivity index (χ3n) is 3.33. The Labute approximate surface area is 116 Å². The summed E-state index contributed by atoms with van der Waals surface area (Å²) in [5.41, 5.74) is 3.84. The number of anilines is 2. The fourth-order valence-electron chi connectivity index (χ4n) is 2.41. The van der Waals surface area contributed by atoms with Crippen LogP contribution in [0.2, 0.25) is 5.15 Å². The average Bonchev–Trinajstić information content (AvgIpc) is 2.86. The van der Waals surface area contributed by atoms with Gasteiger partial charge in [-0.1, -0.05) is 17.7 Å². The summed E-state index contributed by atoms with van der Waals surface area (Å²) in [6.45, 7) is 0. The van der Waals surface area contributed by atoms with Crippen molar-refractivity contribution in [3.63, 3.8) is 0 Å². The largest absolute Gasteiger partial charge is 0.490 e. The van der Waals surface area contributed by atoms with E-state index in [4.69, 9.17) is 16.3 Å². The number of nitrogens with zero attached hydrogens (tertiary/aromatic N) is 2. The van der Waals surface area contributed by atoms with Crippen LogP contribution in [0.3, 0.4) is 0 Å². The molecule has 19 heavy (non-hydrogen) atoms. The van der Waals surface area contributed by atoms with Gasteiger partial charge in [0.05, 0.1) is 7.11 Å². The van der Waals surface area contributed by atoms with E-state index in [1.807, 2.05) is 0 Å². The number of nitrogens with one attached hydrogen (secondary N) is 1. The lowest BCUT2D eigenvalue weighted by atomic mass is 10.1. The lowest BCUT2D eigenvalue weighted by molar-refractivity contribution is 0.413. The summed E-state index contributed by atoms with van der Waals surface area (Å²) in [7, 11) is 1.55. The minimum atomic E-state index is 0.307. The predicted molar refractivity (Wildman–Crippen MR) is 75.3 cm³/mol. The van der Waals surface area contributed by atoms with Crippen LogP contribution in [-0.4, -0.2) is 17.1 Å². The standard InChI is InChI=1S/C14H14ClN3O/c1-19-12-13(15)16-8-17-14(12)18-11-6-5-9-3-2-4-10(9)7-11/h5-8H,2-4H2,1H3,(H,16,17,18). The van der Waals surface area contributed by atoms with Crippen molar-refractivity contribution in [2.75, 3.05) is 12.4 Å². The third kappa shape index (κ3) is 2.36. The van der Waals surface area contributed by atoms with Crippen LogP contribution in [0.4, 0.5) is 11.5 Å². The Morgan fingerprint density at radius 3 is 2.89 bits per heavy atom. The highest BCUT2D eigenvalue weighted by atomic mass is 35.5. The summed E-state index contributed by atoms with van der Waals surface area (Å²) >= 11 is 5.97. The number of hydrogen-bond donors (Lipinski definition) is 1. The molecule has 1 aliphatic carbocycles. The molecule has 1 heterocycles. The Morgan fingerprint density at radius 2 is 2.05 bits per heavy atom. The minimum absolute atomic E-state index is 0.307. The van der Waals surface area contributed by atoms with Crippen molar-refractivity contribution in [3.8, 4) is 5.75 Å². The highest BCUT2D eigenvalue weighted by Crippen LogP contribution is 2.32. The van der Waals surface area contributed by atoms with Crippen LogP contribution >= 0.6 is 11.6 Å². The van der Waals surface area contributed by atoms with Crippen molar-refractivity contribution in [3.05, 3.63) is 40.8 Å². The van der Waals surface area contributed by atoms with Crippen molar-refractivity contribution < 1.29 is 4.74 Å². The summed E-state index contributed by atoms with van der Waals surface area (Å²) in [4.78, 5) is 8.07. The molecule has 3 rings (SSSR count). The van der Waals surface area contributed by atoms with Gasteiger partial charge in [0, 0.05) is 5.69 Å². The summed E-state index contributed by atoms with van der Waals surface area (Å²) in [6, 6.07) is 6.39. The molecule has 0 aliphatic heterocycles. The number of benzene rings is 1. The van der Waals surface area contributed by atoms with Crippen LogP contribution in [0.25, 0.3) is 0 Å². The smallest absolute Gasteiger partial charge is 0.199 e. The van der Waals surface area contributed by atoms with Gasteiger partial charge in [-0.05, 0) is 42.5 Å². The quantitative estimate of drug-likeness (QED) is 0.873. The van der Waals surface area contributed by atoms with Crippen LogP contribution < -0.4 is 10.1 Å². The Balaban J connectivity index is 1.91. The Hall–Kier alpha value is -1.81. The van der Waals surface area contributed by atoms with Gasteiger partial charge >= 0.3 is 0 Å². The molecule has 1 N–H and O–H groups in total. The monoisotopic (exact) mass is 275 g/mol. The molecule has 98 valence electrons. The second kappa shape index (κ2) is 5.05. The van der Waals surface area contributed by atoms with Gasteiger partial charge in [0.1, 0.15) is 6.33 Å². The normalized spacial score (nSPS) is 13.2. The Bertz CT molecular complexity index is 616. The van der Waals surface area contributed by atoms with E-state index in [0.717, 1.165) is 12.1 Å². The maximum Gasteiger partial charge on any atom is 0.199 e. The second-order valence-corrected chi connectivity index (χ2v) is 4.87. The highest BCUT2D eigenvalue weighted by molar-refractivity contribution is 6.31. The fourth-order valence-corrected chi connectivity index (χ4v) is 2.62. The molecule has 0 fully saturated rings. The first-order chi connectivity index (χ1) is 9.28. The van der Waals surface area contributed by atoms with E-state index in [1.165, 1.54) is 30.3 Å². The topological polar surface area (TPSA) is 47.0 Å². The number of rotatable bonds is 3. The number of fused-ring (bicyclic) bond motifs is 1. The SMILES string of the molecule is COc1c(Cl)ncnc1Nc1ccc2c(c1)CCC2. The van der Waals surface area contributed by atoms with Crippen LogP contribution in [0, 0.1) is 0 Å². The molecule has 0 saturated carbocycles. The van der Waals surface area contributed by atoms with Gasteiger partial charge in [0.25, 0.3) is 0 Å². The lowest BCUT2D eigenvalue weighted by Gasteiger charge is -2.11. The molecular weight excluding hydrogens is 262 g/mol. The fraction of sp³-hybridized carbons (Fsp3) is 0.286. The molecule has 0 saturated heterocycles. The summed E-state index contributed by atoms with van der Waals surface area (Å²) < 4.78 is 5.22. The molecule has 2 aromatic rings. The van der Waals surface area contributed by atoms with Crippen LogP contribution in [-0.2, 0) is 12.8 Å². The number of halogens is 1. The number of hydrogen-bond acceptors (Lipinski definition) is 4. The molecule has 5 heteroatoms. The van der Waals surface area contributed by atoms with E-state index in [2.05, 4.69) is 33.5 Å². The van der Waals surface area contributed by atoms with Crippen molar-refractivity contribution in [2.24, 2.45) is 0 Å². The van der Waals surface area contributed by atoms with Crippen molar-refractivity contribution in [1.29, 1.82) is 0 Å². The average molecular weight is 276 g/mol. The zero-order valence-electron chi connectivity index (χ0n) is 10.6. The van der Waals surface area contributed by atoms with Gasteiger partial charge in [-0.15, -0.1) is 0 Å². The molecule has 1 aromatic heterocycles. The van der Waals surface area contributed by atoms with Gasteiger partial charge in [0.2, 0.25) is 0 Å². The summed E-state index contributed by atoms with van der Waals surface area (Å²) in [5, 5.41) is 3.54. The molecule has 0 radical (unpaired) electrons. The van der Waals surface area contributed by atoms with E-state index in [1.54, 1.807) is 7.11 Å². The number of aromatic nitrogens is 2. The second-order valence-electron chi connectivity index (χ2n) is 4.51. The van der Waals surface area contributed by atoms with Crippen molar-refractivity contribution >= 4 is 23.1 Å². The molecule has 1 aliphatic rings. The van der Waals surface area contributed by atoms with E-state index >= 15 is 0 Å². The van der Waals surface area contributed by atoms with Gasteiger partial charge in [-0.25, -0.2) is 9.97 Å². The zero-order valence-corrected chi connectivity index (χ0v) is 11.4. The predicted octanol–water partition coefficient (Wildman–Crippen LogP) is 3.37. The van der Waals surface area contributed by atoms with Crippen LogP contribution in [0.1, 0.15) is 17.5 Å². The van der Waals surface area contributed by atoms with Crippen LogP contribution in [0.15, 0.2) is 24.5 Å². The first kappa shape index (κ1) is 12.2. The van der Waals surface area contributed by atoms with Gasteiger partial charge in [-0.3, -0.25) is 0 Å².